The fourth-order valence-electron chi connectivity index (χ4n) is 1.94. The van der Waals surface area contributed by atoms with Crippen LogP contribution in [0.3, 0.4) is 0 Å². The van der Waals surface area contributed by atoms with Crippen LogP contribution in [0, 0.1) is 0 Å². The van der Waals surface area contributed by atoms with Gasteiger partial charge in [0, 0.05) is 22.5 Å². The first-order valence-corrected chi connectivity index (χ1v) is 5.42. The summed E-state index contributed by atoms with van der Waals surface area (Å²) in [7, 11) is 0. The fourth-order valence-corrected chi connectivity index (χ4v) is 1.94. The van der Waals surface area contributed by atoms with Crippen molar-refractivity contribution in [2.24, 2.45) is 0 Å². The number of hydrogen-bond acceptors (Lipinski definition) is 4. The maximum Gasteiger partial charge on any atom is 0.168 e. The van der Waals surface area contributed by atoms with Gasteiger partial charge in [-0.3, -0.25) is 14.6 Å². The van der Waals surface area contributed by atoms with E-state index in [0.29, 0.717) is 28.6 Å². The average molecular weight is 236 g/mol. The van der Waals surface area contributed by atoms with Crippen LogP contribution in [0.5, 0.6) is 0 Å². The largest absolute Gasteiger partial charge is 0.298 e. The van der Waals surface area contributed by atoms with Crippen LogP contribution in [0.25, 0.3) is 21.8 Å². The van der Waals surface area contributed by atoms with Crippen LogP contribution < -0.4 is 0 Å². The highest BCUT2D eigenvalue weighted by Crippen LogP contribution is 2.22. The minimum Gasteiger partial charge on any atom is -0.298 e. The molecule has 86 valence electrons. The molecule has 0 radical (unpaired) electrons. The molecule has 0 saturated carbocycles. The average Bonchev–Trinajstić information content (AvgIpc) is 2.45. The van der Waals surface area contributed by atoms with E-state index in [4.69, 9.17) is 0 Å². The Morgan fingerprint density at radius 1 is 0.889 bits per heavy atom. The topological polar surface area (TPSA) is 59.9 Å². The van der Waals surface area contributed by atoms with Crippen molar-refractivity contribution in [2.45, 2.75) is 0 Å². The van der Waals surface area contributed by atoms with Crippen LogP contribution >= 0.6 is 0 Å². The molecular formula is C14H8N2O2. The number of pyridine rings is 2. The van der Waals surface area contributed by atoms with Crippen LogP contribution in [0.1, 0.15) is 20.8 Å². The summed E-state index contributed by atoms with van der Waals surface area (Å²) in [5.41, 5.74) is 2.26. The van der Waals surface area contributed by atoms with Gasteiger partial charge < -0.3 is 0 Å². The predicted octanol–water partition coefficient (Wildman–Crippen LogP) is 2.41. The lowest BCUT2D eigenvalue weighted by atomic mass is 10.1. The number of aldehydes is 2. The normalized spacial score (nSPS) is 10.7. The van der Waals surface area contributed by atoms with Gasteiger partial charge in [-0.05, 0) is 12.1 Å². The lowest BCUT2D eigenvalue weighted by Gasteiger charge is -2.03. The summed E-state index contributed by atoms with van der Waals surface area (Å²) >= 11 is 0. The molecule has 0 spiro atoms. The van der Waals surface area contributed by atoms with Crippen LogP contribution in [-0.4, -0.2) is 22.5 Å². The molecule has 0 atom stereocenters. The summed E-state index contributed by atoms with van der Waals surface area (Å²) < 4.78 is 0. The fraction of sp³-hybridized carbons (Fsp3) is 0. The summed E-state index contributed by atoms with van der Waals surface area (Å²) in [6.07, 6.45) is 2.97. The number of rotatable bonds is 2. The zero-order valence-corrected chi connectivity index (χ0v) is 9.33. The van der Waals surface area contributed by atoms with Gasteiger partial charge in [0.05, 0.1) is 11.0 Å². The Labute approximate surface area is 102 Å². The Hall–Kier alpha value is -2.62. The highest BCUT2D eigenvalue weighted by Gasteiger charge is 2.05. The molecule has 1 aromatic carbocycles. The van der Waals surface area contributed by atoms with Crippen molar-refractivity contribution >= 4 is 34.4 Å². The summed E-state index contributed by atoms with van der Waals surface area (Å²) in [5.74, 6) is 0. The molecule has 0 unspecified atom stereocenters. The molecule has 0 N–H and O–H groups in total. The molecule has 2 aromatic heterocycles. The number of hydrogen-bond donors (Lipinski definition) is 0. The summed E-state index contributed by atoms with van der Waals surface area (Å²) in [6, 6.07) is 9.04. The number of nitrogens with zero attached hydrogens (tertiary/aromatic N) is 2. The Bertz CT molecular complexity index is 781. The van der Waals surface area contributed by atoms with E-state index < -0.39 is 0 Å². The lowest BCUT2D eigenvalue weighted by Crippen LogP contribution is -1.91. The monoisotopic (exact) mass is 236 g/mol. The second kappa shape index (κ2) is 4.00. The third-order valence-corrected chi connectivity index (χ3v) is 2.81. The number of carbonyl (C=O) groups is 2. The molecule has 0 bridgehead atoms. The third kappa shape index (κ3) is 1.55. The van der Waals surface area contributed by atoms with Crippen LogP contribution in [0.4, 0.5) is 0 Å². The lowest BCUT2D eigenvalue weighted by molar-refractivity contribution is 0.111. The molecular weight excluding hydrogens is 228 g/mol. The van der Waals surface area contributed by atoms with Crippen LogP contribution in [0.2, 0.25) is 0 Å². The molecule has 4 nitrogen and oxygen atoms in total. The first-order valence-electron chi connectivity index (χ1n) is 5.42. The van der Waals surface area contributed by atoms with E-state index in [2.05, 4.69) is 9.97 Å². The minimum absolute atomic E-state index is 0.372. The Morgan fingerprint density at radius 3 is 2.44 bits per heavy atom. The van der Waals surface area contributed by atoms with Crippen molar-refractivity contribution < 1.29 is 9.59 Å². The second-order valence-corrected chi connectivity index (χ2v) is 3.95. The molecule has 4 heteroatoms. The van der Waals surface area contributed by atoms with Crippen molar-refractivity contribution in [1.29, 1.82) is 0 Å². The molecule has 3 aromatic rings. The maximum absolute atomic E-state index is 10.8. The summed E-state index contributed by atoms with van der Waals surface area (Å²) in [6.45, 7) is 0. The van der Waals surface area contributed by atoms with E-state index >= 15 is 0 Å². The highest BCUT2D eigenvalue weighted by molar-refractivity contribution is 6.04. The van der Waals surface area contributed by atoms with Crippen molar-refractivity contribution in [2.75, 3.05) is 0 Å². The SMILES string of the molecule is O=Cc1cnc2c(ccc3ccc(C=O)nc32)c1. The van der Waals surface area contributed by atoms with E-state index in [1.807, 2.05) is 18.2 Å². The van der Waals surface area contributed by atoms with Crippen molar-refractivity contribution in [1.82, 2.24) is 9.97 Å². The smallest absolute Gasteiger partial charge is 0.168 e. The quantitative estimate of drug-likeness (QED) is 0.506. The van der Waals surface area contributed by atoms with Crippen molar-refractivity contribution in [3.8, 4) is 0 Å². The number of carbonyl (C=O) groups excluding carboxylic acids is 2. The van der Waals surface area contributed by atoms with Gasteiger partial charge in [0.15, 0.2) is 12.6 Å². The van der Waals surface area contributed by atoms with Gasteiger partial charge in [0.25, 0.3) is 0 Å². The highest BCUT2D eigenvalue weighted by atomic mass is 16.1. The van der Waals surface area contributed by atoms with Crippen molar-refractivity contribution in [3.05, 3.63) is 47.8 Å². The number of fused-ring (bicyclic) bond motifs is 3. The van der Waals surface area contributed by atoms with Crippen molar-refractivity contribution in [3.63, 3.8) is 0 Å². The molecule has 0 fully saturated rings. The summed E-state index contributed by atoms with van der Waals surface area (Å²) in [5, 5.41) is 1.75. The molecule has 2 heterocycles. The van der Waals surface area contributed by atoms with Gasteiger partial charge in [-0.25, -0.2) is 4.98 Å². The van der Waals surface area contributed by atoms with Gasteiger partial charge in [-0.1, -0.05) is 18.2 Å². The van der Waals surface area contributed by atoms with Gasteiger partial charge in [0.2, 0.25) is 0 Å². The molecule has 18 heavy (non-hydrogen) atoms. The van der Waals surface area contributed by atoms with E-state index in [-0.39, 0.29) is 0 Å². The van der Waals surface area contributed by atoms with E-state index in [0.717, 1.165) is 17.1 Å². The van der Waals surface area contributed by atoms with Gasteiger partial charge >= 0.3 is 0 Å². The van der Waals surface area contributed by atoms with Crippen LogP contribution in [0.15, 0.2) is 36.5 Å². The van der Waals surface area contributed by atoms with E-state index in [9.17, 15) is 9.59 Å². The van der Waals surface area contributed by atoms with Crippen LogP contribution in [-0.2, 0) is 0 Å². The minimum atomic E-state index is 0.372. The predicted molar refractivity (Wildman–Crippen MR) is 67.8 cm³/mol. The zero-order valence-electron chi connectivity index (χ0n) is 9.33. The Balaban J connectivity index is 2.43. The Kier molecular flexibility index (Phi) is 2.34. The second-order valence-electron chi connectivity index (χ2n) is 3.95. The molecule has 0 aliphatic rings. The molecule has 0 aliphatic carbocycles. The van der Waals surface area contributed by atoms with Gasteiger partial charge in [-0.15, -0.1) is 0 Å². The zero-order chi connectivity index (χ0) is 12.5. The molecule has 3 rings (SSSR count). The van der Waals surface area contributed by atoms with Gasteiger partial charge in [-0.2, -0.15) is 0 Å². The van der Waals surface area contributed by atoms with E-state index in [1.165, 1.54) is 6.20 Å². The first-order chi connectivity index (χ1) is 8.81. The summed E-state index contributed by atoms with van der Waals surface area (Å²) in [4.78, 5) is 30.0. The maximum atomic E-state index is 10.8. The third-order valence-electron chi connectivity index (χ3n) is 2.81. The Morgan fingerprint density at radius 2 is 1.67 bits per heavy atom. The molecule has 0 saturated heterocycles. The van der Waals surface area contributed by atoms with Gasteiger partial charge in [0.1, 0.15) is 5.69 Å². The number of benzene rings is 1. The standard InChI is InChI=1S/C14H8N2O2/c17-7-9-5-11-2-1-10-3-4-12(8-18)16-14(10)13(11)15-6-9/h1-8H. The molecule has 0 aliphatic heterocycles. The number of aromatic nitrogens is 2. The molecule has 0 amide bonds. The van der Waals surface area contributed by atoms with E-state index in [1.54, 1.807) is 12.1 Å². The first kappa shape index (κ1) is 10.5.